The lowest BCUT2D eigenvalue weighted by molar-refractivity contribution is -0.666. The number of hydrogen-bond donors (Lipinski definition) is 1. The van der Waals surface area contributed by atoms with Crippen LogP contribution < -0.4 is 5.32 Å². The zero-order chi connectivity index (χ0) is 11.4. The van der Waals surface area contributed by atoms with Gasteiger partial charge < -0.3 is 10.2 Å². The molecular formula is C13H19N2O+. The van der Waals surface area contributed by atoms with Gasteiger partial charge in [-0.1, -0.05) is 18.2 Å². The molecule has 0 atom stereocenters. The van der Waals surface area contributed by atoms with Crippen LogP contribution >= 0.6 is 0 Å². The smallest absolute Gasteiger partial charge is 0.253 e. The van der Waals surface area contributed by atoms with E-state index in [0.29, 0.717) is 6.04 Å². The average molecular weight is 219 g/mol. The second kappa shape index (κ2) is 5.12. The van der Waals surface area contributed by atoms with Crippen LogP contribution in [0.5, 0.6) is 0 Å². The summed E-state index contributed by atoms with van der Waals surface area (Å²) in [4.78, 5) is 14.1. The first-order chi connectivity index (χ1) is 7.81. The lowest BCUT2D eigenvalue weighted by Crippen LogP contribution is -2.87. The Morgan fingerprint density at radius 3 is 2.44 bits per heavy atom. The van der Waals surface area contributed by atoms with E-state index in [-0.39, 0.29) is 5.91 Å². The Labute approximate surface area is 96.5 Å². The van der Waals surface area contributed by atoms with Crippen molar-refractivity contribution in [3.05, 3.63) is 35.9 Å². The van der Waals surface area contributed by atoms with Crippen LogP contribution in [0.2, 0.25) is 0 Å². The van der Waals surface area contributed by atoms with Crippen LogP contribution in [0.3, 0.4) is 0 Å². The normalized spacial score (nSPS) is 17.4. The van der Waals surface area contributed by atoms with Gasteiger partial charge >= 0.3 is 0 Å². The van der Waals surface area contributed by atoms with Gasteiger partial charge in [-0.15, -0.1) is 0 Å². The van der Waals surface area contributed by atoms with Crippen LogP contribution in [0.25, 0.3) is 0 Å². The Bertz CT molecular complexity index is 342. The molecule has 1 amide bonds. The average Bonchev–Trinajstić information content (AvgIpc) is 2.39. The summed E-state index contributed by atoms with van der Waals surface area (Å²) in [6, 6.07) is 10.2. The van der Waals surface area contributed by atoms with E-state index < -0.39 is 0 Å². The summed E-state index contributed by atoms with van der Waals surface area (Å²) < 4.78 is 0. The topological polar surface area (TPSA) is 36.9 Å². The highest BCUT2D eigenvalue weighted by Gasteiger charge is 2.24. The van der Waals surface area contributed by atoms with Crippen molar-refractivity contribution in [1.29, 1.82) is 0 Å². The van der Waals surface area contributed by atoms with Crippen molar-refractivity contribution in [3.63, 3.8) is 0 Å². The van der Waals surface area contributed by atoms with E-state index >= 15 is 0 Å². The van der Waals surface area contributed by atoms with Crippen LogP contribution in [0.15, 0.2) is 30.3 Å². The second-order valence-electron chi connectivity index (χ2n) is 4.33. The van der Waals surface area contributed by atoms with Crippen molar-refractivity contribution in [2.45, 2.75) is 18.9 Å². The predicted molar refractivity (Wildman–Crippen MR) is 63.2 cm³/mol. The Morgan fingerprint density at radius 1 is 1.25 bits per heavy atom. The summed E-state index contributed by atoms with van der Waals surface area (Å²) in [7, 11) is 2.11. The molecule has 1 aromatic rings. The van der Waals surface area contributed by atoms with E-state index in [2.05, 4.69) is 12.4 Å². The molecule has 1 heterocycles. The summed E-state index contributed by atoms with van der Waals surface area (Å²) in [6.07, 6.45) is 2.21. The highest BCUT2D eigenvalue weighted by molar-refractivity contribution is 5.94. The fraction of sp³-hybridized carbons (Fsp3) is 0.462. The molecule has 1 aliphatic rings. The quantitative estimate of drug-likeness (QED) is 0.772. The molecule has 0 unspecified atom stereocenters. The number of nitrogens with zero attached hydrogens (tertiary/aromatic N) is 1. The standard InChI is InChI=1S/C13H18N2O/c1-14-12-7-9-15(10-8-12)13(16)11-5-3-2-4-6-11/h2-6,12,14H,7-10H2,1H3/p+1. The van der Waals surface area contributed by atoms with Gasteiger partial charge in [-0.05, 0) is 12.1 Å². The molecule has 2 rings (SSSR count). The first kappa shape index (κ1) is 11.1. The molecule has 0 saturated carbocycles. The summed E-state index contributed by atoms with van der Waals surface area (Å²) in [5.74, 6) is 0.176. The van der Waals surface area contributed by atoms with Crippen molar-refractivity contribution in [2.75, 3.05) is 20.1 Å². The van der Waals surface area contributed by atoms with E-state index in [9.17, 15) is 4.79 Å². The van der Waals surface area contributed by atoms with Gasteiger partial charge in [-0.25, -0.2) is 0 Å². The molecule has 3 heteroatoms. The number of rotatable bonds is 2. The SMILES string of the molecule is C[NH2+]C1CCN(C(=O)c2ccccc2)CC1. The van der Waals surface area contributed by atoms with E-state index in [1.165, 1.54) is 0 Å². The lowest BCUT2D eigenvalue weighted by Gasteiger charge is -2.30. The molecule has 0 aromatic heterocycles. The first-order valence-corrected chi connectivity index (χ1v) is 5.95. The third-order valence-corrected chi connectivity index (χ3v) is 3.32. The number of carbonyl (C=O) groups excluding carboxylic acids is 1. The molecule has 1 saturated heterocycles. The van der Waals surface area contributed by atoms with Gasteiger partial charge in [0.05, 0.1) is 13.1 Å². The van der Waals surface area contributed by atoms with Crippen LogP contribution in [-0.2, 0) is 0 Å². The minimum atomic E-state index is 0.176. The molecule has 0 aliphatic carbocycles. The van der Waals surface area contributed by atoms with E-state index in [1.54, 1.807) is 0 Å². The zero-order valence-electron chi connectivity index (χ0n) is 9.73. The Kier molecular flexibility index (Phi) is 3.57. The van der Waals surface area contributed by atoms with Crippen molar-refractivity contribution in [1.82, 2.24) is 4.90 Å². The molecule has 0 spiro atoms. The number of nitrogens with two attached hydrogens (primary N) is 1. The number of hydrogen-bond acceptors (Lipinski definition) is 1. The number of piperidine rings is 1. The van der Waals surface area contributed by atoms with E-state index in [1.807, 2.05) is 35.2 Å². The molecule has 0 bridgehead atoms. The Hall–Kier alpha value is -1.35. The lowest BCUT2D eigenvalue weighted by atomic mass is 10.0. The molecule has 1 fully saturated rings. The largest absolute Gasteiger partial charge is 0.346 e. The number of benzene rings is 1. The fourth-order valence-corrected chi connectivity index (χ4v) is 2.20. The molecule has 1 aromatic carbocycles. The number of amides is 1. The summed E-state index contributed by atoms with van der Waals surface area (Å²) in [5, 5.41) is 2.25. The third kappa shape index (κ3) is 2.42. The number of quaternary nitrogens is 1. The van der Waals surface area contributed by atoms with E-state index in [4.69, 9.17) is 0 Å². The van der Waals surface area contributed by atoms with Gasteiger partial charge in [0.25, 0.3) is 5.91 Å². The fourth-order valence-electron chi connectivity index (χ4n) is 2.20. The maximum Gasteiger partial charge on any atom is 0.253 e. The minimum Gasteiger partial charge on any atom is -0.346 e. The summed E-state index contributed by atoms with van der Waals surface area (Å²) in [5.41, 5.74) is 0.807. The van der Waals surface area contributed by atoms with Crippen molar-refractivity contribution >= 4 is 5.91 Å². The van der Waals surface area contributed by atoms with Crippen LogP contribution in [-0.4, -0.2) is 37.0 Å². The van der Waals surface area contributed by atoms with E-state index in [0.717, 1.165) is 31.5 Å². The van der Waals surface area contributed by atoms with Gasteiger partial charge in [0.2, 0.25) is 0 Å². The molecule has 86 valence electrons. The van der Waals surface area contributed by atoms with Crippen molar-refractivity contribution in [2.24, 2.45) is 0 Å². The van der Waals surface area contributed by atoms with Crippen LogP contribution in [0, 0.1) is 0 Å². The van der Waals surface area contributed by atoms with Crippen molar-refractivity contribution < 1.29 is 10.1 Å². The first-order valence-electron chi connectivity index (χ1n) is 5.95. The number of likely N-dealkylation sites (tertiary alicyclic amines) is 1. The van der Waals surface area contributed by atoms with Gasteiger partial charge in [0, 0.05) is 31.5 Å². The van der Waals surface area contributed by atoms with Gasteiger partial charge in [0.15, 0.2) is 0 Å². The second-order valence-corrected chi connectivity index (χ2v) is 4.33. The molecule has 1 aliphatic heterocycles. The minimum absolute atomic E-state index is 0.176. The van der Waals surface area contributed by atoms with Gasteiger partial charge in [-0.3, -0.25) is 4.79 Å². The maximum absolute atomic E-state index is 12.1. The Morgan fingerprint density at radius 2 is 1.88 bits per heavy atom. The maximum atomic E-state index is 12.1. The van der Waals surface area contributed by atoms with Gasteiger partial charge in [0.1, 0.15) is 0 Å². The van der Waals surface area contributed by atoms with Gasteiger partial charge in [-0.2, -0.15) is 0 Å². The van der Waals surface area contributed by atoms with Crippen LogP contribution in [0.4, 0.5) is 0 Å². The number of carbonyl (C=O) groups is 1. The summed E-state index contributed by atoms with van der Waals surface area (Å²) in [6.45, 7) is 1.78. The molecule has 2 N–H and O–H groups in total. The molecule has 3 nitrogen and oxygen atoms in total. The van der Waals surface area contributed by atoms with Crippen molar-refractivity contribution in [3.8, 4) is 0 Å². The predicted octanol–water partition coefficient (Wildman–Crippen LogP) is 0.484. The molecular weight excluding hydrogens is 200 g/mol. The molecule has 16 heavy (non-hydrogen) atoms. The highest BCUT2D eigenvalue weighted by Crippen LogP contribution is 2.11. The highest BCUT2D eigenvalue weighted by atomic mass is 16.2. The zero-order valence-corrected chi connectivity index (χ0v) is 9.73. The monoisotopic (exact) mass is 219 g/mol. The summed E-state index contributed by atoms with van der Waals surface area (Å²) >= 11 is 0. The van der Waals surface area contributed by atoms with Crippen LogP contribution in [0.1, 0.15) is 23.2 Å². The third-order valence-electron chi connectivity index (χ3n) is 3.32. The Balaban J connectivity index is 1.97. The molecule has 0 radical (unpaired) electrons.